The number of hydrogen-bond acceptors (Lipinski definition) is 2. The molecule has 124 valence electrons. The highest BCUT2D eigenvalue weighted by Crippen LogP contribution is 2.24. The molecular formula is C19H19BrN2O2. The normalized spacial score (nSPS) is 17.2. The first-order valence-electron chi connectivity index (χ1n) is 7.88. The van der Waals surface area contributed by atoms with Gasteiger partial charge in [-0.05, 0) is 61.4 Å². The molecule has 2 amide bonds. The standard InChI is InChI=1S/C19H19BrN2O2/c1-12-3-8-17(9-13(12)2)22-11-16(10-18(22)23)21-19(24)14-4-6-15(20)7-5-14/h3-9,16H,10-11H2,1-2H3,(H,21,24). The SMILES string of the molecule is Cc1ccc(N2CC(NC(=O)c3ccc(Br)cc3)CC2=O)cc1C. The Balaban J connectivity index is 1.69. The third-order valence-corrected chi connectivity index (χ3v) is 4.90. The predicted octanol–water partition coefficient (Wildman–Crippen LogP) is 3.60. The highest BCUT2D eigenvalue weighted by Gasteiger charge is 2.31. The molecule has 0 radical (unpaired) electrons. The molecule has 2 aromatic rings. The van der Waals surface area contributed by atoms with Gasteiger partial charge in [0.25, 0.3) is 5.91 Å². The number of aryl methyl sites for hydroxylation is 2. The number of hydrogen-bond donors (Lipinski definition) is 1. The molecule has 1 aliphatic heterocycles. The second-order valence-corrected chi connectivity index (χ2v) is 7.07. The molecule has 1 saturated heterocycles. The van der Waals surface area contributed by atoms with Gasteiger partial charge >= 0.3 is 0 Å². The van der Waals surface area contributed by atoms with E-state index in [9.17, 15) is 9.59 Å². The number of nitrogens with zero attached hydrogens (tertiary/aromatic N) is 1. The van der Waals surface area contributed by atoms with Gasteiger partial charge in [0.05, 0.1) is 6.04 Å². The molecule has 1 N–H and O–H groups in total. The van der Waals surface area contributed by atoms with Crippen LogP contribution in [0.25, 0.3) is 0 Å². The van der Waals surface area contributed by atoms with Gasteiger partial charge in [-0.3, -0.25) is 9.59 Å². The molecule has 5 heteroatoms. The summed E-state index contributed by atoms with van der Waals surface area (Å²) in [6.45, 7) is 4.59. The van der Waals surface area contributed by atoms with Crippen LogP contribution in [0.3, 0.4) is 0 Å². The highest BCUT2D eigenvalue weighted by atomic mass is 79.9. The van der Waals surface area contributed by atoms with Crippen LogP contribution in [-0.4, -0.2) is 24.4 Å². The third-order valence-electron chi connectivity index (χ3n) is 4.37. The van der Waals surface area contributed by atoms with E-state index in [4.69, 9.17) is 0 Å². The summed E-state index contributed by atoms with van der Waals surface area (Å²) in [4.78, 5) is 26.4. The van der Waals surface area contributed by atoms with E-state index < -0.39 is 0 Å². The zero-order chi connectivity index (χ0) is 17.3. The molecule has 1 fully saturated rings. The Hall–Kier alpha value is -2.14. The molecule has 1 unspecified atom stereocenters. The van der Waals surface area contributed by atoms with Crippen molar-refractivity contribution >= 4 is 33.4 Å². The van der Waals surface area contributed by atoms with Crippen LogP contribution >= 0.6 is 15.9 Å². The first kappa shape index (κ1) is 16.7. The predicted molar refractivity (Wildman–Crippen MR) is 98.3 cm³/mol. The first-order chi connectivity index (χ1) is 11.4. The topological polar surface area (TPSA) is 49.4 Å². The quantitative estimate of drug-likeness (QED) is 0.875. The lowest BCUT2D eigenvalue weighted by Gasteiger charge is -2.18. The van der Waals surface area contributed by atoms with Crippen LogP contribution in [0, 0.1) is 13.8 Å². The molecule has 1 atom stereocenters. The molecule has 24 heavy (non-hydrogen) atoms. The Bertz CT molecular complexity index is 786. The summed E-state index contributed by atoms with van der Waals surface area (Å²) in [6, 6.07) is 13.0. The van der Waals surface area contributed by atoms with E-state index in [1.54, 1.807) is 17.0 Å². The van der Waals surface area contributed by atoms with Crippen molar-refractivity contribution in [3.63, 3.8) is 0 Å². The van der Waals surface area contributed by atoms with Gasteiger partial charge in [-0.25, -0.2) is 0 Å². The molecule has 0 aromatic heterocycles. The van der Waals surface area contributed by atoms with Gasteiger partial charge in [-0.1, -0.05) is 22.0 Å². The molecule has 2 aromatic carbocycles. The number of nitrogens with one attached hydrogen (secondary N) is 1. The average Bonchev–Trinajstić information content (AvgIpc) is 2.91. The molecule has 4 nitrogen and oxygen atoms in total. The molecule has 0 spiro atoms. The van der Waals surface area contributed by atoms with Crippen LogP contribution in [0.15, 0.2) is 46.9 Å². The Morgan fingerprint density at radius 2 is 1.83 bits per heavy atom. The smallest absolute Gasteiger partial charge is 0.251 e. The lowest BCUT2D eigenvalue weighted by Crippen LogP contribution is -2.37. The fourth-order valence-electron chi connectivity index (χ4n) is 2.82. The Morgan fingerprint density at radius 3 is 2.50 bits per heavy atom. The first-order valence-corrected chi connectivity index (χ1v) is 8.67. The Labute approximate surface area is 150 Å². The van der Waals surface area contributed by atoms with E-state index in [2.05, 4.69) is 21.2 Å². The summed E-state index contributed by atoms with van der Waals surface area (Å²) in [5.41, 5.74) is 3.84. The largest absolute Gasteiger partial charge is 0.347 e. The highest BCUT2D eigenvalue weighted by molar-refractivity contribution is 9.10. The average molecular weight is 387 g/mol. The van der Waals surface area contributed by atoms with Crippen molar-refractivity contribution in [1.82, 2.24) is 5.32 Å². The van der Waals surface area contributed by atoms with Crippen LogP contribution < -0.4 is 10.2 Å². The third kappa shape index (κ3) is 3.51. The molecule has 3 rings (SSSR count). The fraction of sp³-hybridized carbons (Fsp3) is 0.263. The van der Waals surface area contributed by atoms with Gasteiger partial charge in [-0.15, -0.1) is 0 Å². The van der Waals surface area contributed by atoms with Gasteiger partial charge in [0.15, 0.2) is 0 Å². The second-order valence-electron chi connectivity index (χ2n) is 6.15. The number of halogens is 1. The maximum atomic E-state index is 12.3. The number of carbonyl (C=O) groups excluding carboxylic acids is 2. The van der Waals surface area contributed by atoms with Crippen molar-refractivity contribution in [3.8, 4) is 0 Å². The van der Waals surface area contributed by atoms with Gasteiger partial charge in [-0.2, -0.15) is 0 Å². The van der Waals surface area contributed by atoms with Crippen molar-refractivity contribution in [2.45, 2.75) is 26.3 Å². The van der Waals surface area contributed by atoms with Crippen molar-refractivity contribution in [2.75, 3.05) is 11.4 Å². The van der Waals surface area contributed by atoms with Crippen LogP contribution in [0.4, 0.5) is 5.69 Å². The van der Waals surface area contributed by atoms with Gasteiger partial charge in [0.1, 0.15) is 0 Å². The van der Waals surface area contributed by atoms with Crippen molar-refractivity contribution < 1.29 is 9.59 Å². The molecule has 1 heterocycles. The monoisotopic (exact) mass is 386 g/mol. The van der Waals surface area contributed by atoms with E-state index in [-0.39, 0.29) is 17.9 Å². The Kier molecular flexibility index (Phi) is 4.71. The number of benzene rings is 2. The minimum absolute atomic E-state index is 0.0411. The van der Waals surface area contributed by atoms with Crippen molar-refractivity contribution in [1.29, 1.82) is 0 Å². The van der Waals surface area contributed by atoms with E-state index >= 15 is 0 Å². The summed E-state index contributed by atoms with van der Waals surface area (Å²) in [5, 5.41) is 2.95. The van der Waals surface area contributed by atoms with Crippen molar-refractivity contribution in [3.05, 3.63) is 63.6 Å². The van der Waals surface area contributed by atoms with Crippen LogP contribution in [-0.2, 0) is 4.79 Å². The van der Waals surface area contributed by atoms with Gasteiger partial charge < -0.3 is 10.2 Å². The molecular weight excluding hydrogens is 368 g/mol. The zero-order valence-electron chi connectivity index (χ0n) is 13.7. The molecule has 0 bridgehead atoms. The van der Waals surface area contributed by atoms with E-state index in [1.165, 1.54) is 5.56 Å². The maximum absolute atomic E-state index is 12.3. The van der Waals surface area contributed by atoms with Gasteiger partial charge in [0.2, 0.25) is 5.91 Å². The summed E-state index contributed by atoms with van der Waals surface area (Å²) in [5.74, 6) is -0.110. The minimum atomic E-state index is -0.171. The number of carbonyl (C=O) groups is 2. The Morgan fingerprint density at radius 1 is 1.12 bits per heavy atom. The van der Waals surface area contributed by atoms with Crippen molar-refractivity contribution in [2.24, 2.45) is 0 Å². The zero-order valence-corrected chi connectivity index (χ0v) is 15.3. The van der Waals surface area contributed by atoms with E-state index in [0.29, 0.717) is 18.5 Å². The number of amides is 2. The number of anilines is 1. The summed E-state index contributed by atoms with van der Waals surface area (Å²) < 4.78 is 0.927. The lowest BCUT2D eigenvalue weighted by molar-refractivity contribution is -0.117. The van der Waals surface area contributed by atoms with E-state index in [0.717, 1.165) is 15.7 Å². The summed E-state index contributed by atoms with van der Waals surface area (Å²) in [6.07, 6.45) is 0.329. The molecule has 0 aliphatic carbocycles. The molecule has 0 saturated carbocycles. The van der Waals surface area contributed by atoms with Gasteiger partial charge in [0, 0.05) is 28.7 Å². The van der Waals surface area contributed by atoms with Crippen LogP contribution in [0.2, 0.25) is 0 Å². The van der Waals surface area contributed by atoms with E-state index in [1.807, 2.05) is 44.2 Å². The summed E-state index contributed by atoms with van der Waals surface area (Å²) >= 11 is 3.35. The van der Waals surface area contributed by atoms with Crippen LogP contribution in [0.5, 0.6) is 0 Å². The second kappa shape index (κ2) is 6.77. The van der Waals surface area contributed by atoms with Crippen LogP contribution in [0.1, 0.15) is 27.9 Å². The number of rotatable bonds is 3. The maximum Gasteiger partial charge on any atom is 0.251 e. The fourth-order valence-corrected chi connectivity index (χ4v) is 3.08. The summed E-state index contributed by atoms with van der Waals surface area (Å²) in [7, 11) is 0. The lowest BCUT2D eigenvalue weighted by atomic mass is 10.1. The minimum Gasteiger partial charge on any atom is -0.347 e. The molecule has 1 aliphatic rings.